The number of hydrogen-bond acceptors (Lipinski definition) is 5. The minimum absolute atomic E-state index is 0.217. The van der Waals surface area contributed by atoms with Crippen molar-refractivity contribution in [3.8, 4) is 11.8 Å². The number of anilines is 1. The van der Waals surface area contributed by atoms with Crippen LogP contribution in [0.15, 0.2) is 29.1 Å². The Labute approximate surface area is 172 Å². The first kappa shape index (κ1) is 18.8. The topological polar surface area (TPSA) is 76.0 Å². The van der Waals surface area contributed by atoms with E-state index < -0.39 is 5.82 Å². The summed E-state index contributed by atoms with van der Waals surface area (Å²) in [5.41, 5.74) is 0.992. The molecule has 0 unspecified atom stereocenters. The standard InChI is InChI=1S/C22H22FN5O2/c1-27-20(29)18-17(7-6-15-4-2-3-5-16(15)23)25-26-19(18)24-21(27)28-11-8-22(9-12-28)10-13-30-14-22/h2-5H,8-14H2,1H3,(H,25,26). The van der Waals surface area contributed by atoms with Crippen LogP contribution >= 0.6 is 0 Å². The number of halogens is 1. The van der Waals surface area contributed by atoms with Crippen molar-refractivity contribution in [2.45, 2.75) is 19.3 Å². The summed E-state index contributed by atoms with van der Waals surface area (Å²) in [5.74, 6) is 5.78. The van der Waals surface area contributed by atoms with Gasteiger partial charge in [-0.2, -0.15) is 10.1 Å². The summed E-state index contributed by atoms with van der Waals surface area (Å²) in [6.07, 6.45) is 3.17. The van der Waals surface area contributed by atoms with Crippen LogP contribution in [0.25, 0.3) is 11.0 Å². The molecule has 30 heavy (non-hydrogen) atoms. The van der Waals surface area contributed by atoms with Crippen LogP contribution in [0.3, 0.4) is 0 Å². The molecular formula is C22H22FN5O2. The molecule has 0 aliphatic carbocycles. The van der Waals surface area contributed by atoms with E-state index >= 15 is 0 Å². The predicted molar refractivity (Wildman–Crippen MR) is 111 cm³/mol. The normalized spacial score (nSPS) is 18.0. The first-order valence-corrected chi connectivity index (χ1v) is 10.1. The zero-order valence-corrected chi connectivity index (χ0v) is 16.7. The molecule has 3 aromatic rings. The number of nitrogens with zero attached hydrogens (tertiary/aromatic N) is 4. The van der Waals surface area contributed by atoms with Gasteiger partial charge in [-0.3, -0.25) is 14.5 Å². The van der Waals surface area contributed by atoms with Crippen molar-refractivity contribution in [3.05, 3.63) is 51.7 Å². The molecule has 1 N–H and O–H groups in total. The Balaban J connectivity index is 1.47. The number of benzene rings is 1. The Morgan fingerprint density at radius 1 is 1.20 bits per heavy atom. The fourth-order valence-corrected chi connectivity index (χ4v) is 4.34. The number of nitrogens with one attached hydrogen (secondary N) is 1. The van der Waals surface area contributed by atoms with Crippen molar-refractivity contribution < 1.29 is 9.13 Å². The van der Waals surface area contributed by atoms with Gasteiger partial charge in [0.25, 0.3) is 5.56 Å². The first-order valence-electron chi connectivity index (χ1n) is 10.1. The lowest BCUT2D eigenvalue weighted by Gasteiger charge is -2.39. The van der Waals surface area contributed by atoms with Gasteiger partial charge >= 0.3 is 0 Å². The minimum atomic E-state index is -0.409. The highest BCUT2D eigenvalue weighted by molar-refractivity contribution is 5.81. The van der Waals surface area contributed by atoms with Gasteiger partial charge in [0.15, 0.2) is 11.3 Å². The fourth-order valence-electron chi connectivity index (χ4n) is 4.34. The highest BCUT2D eigenvalue weighted by Gasteiger charge is 2.38. The SMILES string of the molecule is Cn1c(N2CCC3(CCOC3)CC2)nc2[nH]nc(C#Cc3ccccc3F)c2c1=O. The van der Waals surface area contributed by atoms with Crippen LogP contribution in [0.2, 0.25) is 0 Å². The van der Waals surface area contributed by atoms with Gasteiger partial charge in [0.2, 0.25) is 5.95 Å². The highest BCUT2D eigenvalue weighted by Crippen LogP contribution is 2.39. The van der Waals surface area contributed by atoms with Crippen LogP contribution in [-0.2, 0) is 11.8 Å². The molecule has 0 atom stereocenters. The van der Waals surface area contributed by atoms with E-state index in [1.54, 1.807) is 29.8 Å². The minimum Gasteiger partial charge on any atom is -0.381 e. The summed E-state index contributed by atoms with van der Waals surface area (Å²) in [7, 11) is 1.72. The van der Waals surface area contributed by atoms with Crippen LogP contribution in [0.1, 0.15) is 30.5 Å². The Kier molecular flexibility index (Phi) is 4.55. The molecule has 5 rings (SSSR count). The third kappa shape index (κ3) is 3.15. The van der Waals surface area contributed by atoms with Gasteiger partial charge in [-0.05, 0) is 42.7 Å². The molecule has 0 radical (unpaired) electrons. The highest BCUT2D eigenvalue weighted by atomic mass is 19.1. The van der Waals surface area contributed by atoms with E-state index in [2.05, 4.69) is 31.9 Å². The maximum absolute atomic E-state index is 13.8. The van der Waals surface area contributed by atoms with Crippen LogP contribution in [-0.4, -0.2) is 46.1 Å². The van der Waals surface area contributed by atoms with E-state index in [9.17, 15) is 9.18 Å². The van der Waals surface area contributed by atoms with Gasteiger partial charge in [0.1, 0.15) is 11.2 Å². The van der Waals surface area contributed by atoms with E-state index in [1.165, 1.54) is 6.07 Å². The van der Waals surface area contributed by atoms with Crippen LogP contribution in [0.5, 0.6) is 0 Å². The number of piperidine rings is 1. The van der Waals surface area contributed by atoms with E-state index in [-0.39, 0.29) is 22.2 Å². The summed E-state index contributed by atoms with van der Waals surface area (Å²) in [4.78, 5) is 19.9. The Hall–Kier alpha value is -3.18. The summed E-state index contributed by atoms with van der Waals surface area (Å²) >= 11 is 0. The number of ether oxygens (including phenoxy) is 1. The number of fused-ring (bicyclic) bond motifs is 1. The lowest BCUT2D eigenvalue weighted by molar-refractivity contribution is 0.133. The number of hydrogen-bond donors (Lipinski definition) is 1. The molecule has 154 valence electrons. The third-order valence-corrected chi connectivity index (χ3v) is 6.26. The monoisotopic (exact) mass is 407 g/mol. The van der Waals surface area contributed by atoms with Crippen LogP contribution in [0.4, 0.5) is 10.3 Å². The summed E-state index contributed by atoms with van der Waals surface area (Å²) in [5, 5.41) is 7.29. The molecule has 2 aliphatic heterocycles. The van der Waals surface area contributed by atoms with Gasteiger partial charge in [-0.15, -0.1) is 0 Å². The van der Waals surface area contributed by atoms with Crippen molar-refractivity contribution in [3.63, 3.8) is 0 Å². The van der Waals surface area contributed by atoms with E-state index in [4.69, 9.17) is 4.74 Å². The number of rotatable bonds is 1. The molecule has 0 bridgehead atoms. The Morgan fingerprint density at radius 2 is 2.00 bits per heavy atom. The maximum Gasteiger partial charge on any atom is 0.267 e. The van der Waals surface area contributed by atoms with Gasteiger partial charge in [0.05, 0.1) is 12.2 Å². The molecule has 2 aliphatic rings. The van der Waals surface area contributed by atoms with Crippen LogP contribution < -0.4 is 10.5 Å². The molecule has 1 spiro atoms. The zero-order chi connectivity index (χ0) is 20.7. The average Bonchev–Trinajstić information content (AvgIpc) is 3.38. The van der Waals surface area contributed by atoms with E-state index in [1.807, 2.05) is 0 Å². The lowest BCUT2D eigenvalue weighted by Crippen LogP contribution is -2.43. The predicted octanol–water partition coefficient (Wildman–Crippen LogP) is 2.20. The second-order valence-corrected chi connectivity index (χ2v) is 8.09. The van der Waals surface area contributed by atoms with E-state index in [0.29, 0.717) is 17.0 Å². The molecule has 2 fully saturated rings. The number of H-pyrrole nitrogens is 1. The number of aromatic amines is 1. The van der Waals surface area contributed by atoms with Gasteiger partial charge < -0.3 is 9.64 Å². The quantitative estimate of drug-likeness (QED) is 0.626. The van der Waals surface area contributed by atoms with Crippen molar-refractivity contribution in [2.75, 3.05) is 31.2 Å². The molecule has 0 saturated carbocycles. The largest absolute Gasteiger partial charge is 0.381 e. The van der Waals surface area contributed by atoms with Crippen molar-refractivity contribution in [1.29, 1.82) is 0 Å². The molecular weight excluding hydrogens is 385 g/mol. The molecule has 2 saturated heterocycles. The summed E-state index contributed by atoms with van der Waals surface area (Å²) in [6, 6.07) is 6.25. The number of aromatic nitrogens is 4. The van der Waals surface area contributed by atoms with E-state index in [0.717, 1.165) is 45.6 Å². The second-order valence-electron chi connectivity index (χ2n) is 8.09. The van der Waals surface area contributed by atoms with Crippen LogP contribution in [0, 0.1) is 23.1 Å². The lowest BCUT2D eigenvalue weighted by atomic mass is 9.78. The molecule has 8 heteroatoms. The third-order valence-electron chi connectivity index (χ3n) is 6.26. The summed E-state index contributed by atoms with van der Waals surface area (Å²) < 4.78 is 21.0. The maximum atomic E-state index is 13.8. The molecule has 2 aromatic heterocycles. The van der Waals surface area contributed by atoms with Crippen molar-refractivity contribution in [1.82, 2.24) is 19.7 Å². The first-order chi connectivity index (χ1) is 14.6. The fraction of sp³-hybridized carbons (Fsp3) is 0.409. The molecule has 7 nitrogen and oxygen atoms in total. The smallest absolute Gasteiger partial charge is 0.267 e. The van der Waals surface area contributed by atoms with Crippen molar-refractivity contribution >= 4 is 17.0 Å². The molecule has 4 heterocycles. The zero-order valence-electron chi connectivity index (χ0n) is 16.7. The average molecular weight is 407 g/mol. The summed E-state index contributed by atoms with van der Waals surface area (Å²) in [6.45, 7) is 3.34. The molecule has 0 amide bonds. The van der Waals surface area contributed by atoms with Crippen molar-refractivity contribution in [2.24, 2.45) is 12.5 Å². The Morgan fingerprint density at radius 3 is 2.73 bits per heavy atom. The molecule has 1 aromatic carbocycles. The Bertz CT molecular complexity index is 1220. The second kappa shape index (κ2) is 7.26. The van der Waals surface area contributed by atoms with Gasteiger partial charge in [-0.1, -0.05) is 18.1 Å². The van der Waals surface area contributed by atoms with Gasteiger partial charge in [0, 0.05) is 26.7 Å². The van der Waals surface area contributed by atoms with Gasteiger partial charge in [-0.25, -0.2) is 4.39 Å².